The minimum atomic E-state index is -3.61. The van der Waals surface area contributed by atoms with Gasteiger partial charge in [0.15, 0.2) is 0 Å². The maximum Gasteiger partial charge on any atom is 0.228 e. The van der Waals surface area contributed by atoms with E-state index in [9.17, 15) is 13.2 Å². The zero-order valence-corrected chi connectivity index (χ0v) is 18.9. The van der Waals surface area contributed by atoms with E-state index in [1.165, 1.54) is 0 Å². The highest BCUT2D eigenvalue weighted by molar-refractivity contribution is 7.90. The van der Waals surface area contributed by atoms with E-state index in [4.69, 9.17) is 0 Å². The molecule has 2 aliphatic rings. The predicted molar refractivity (Wildman–Crippen MR) is 115 cm³/mol. The van der Waals surface area contributed by atoms with Crippen LogP contribution in [-0.2, 0) is 33.5 Å². The smallest absolute Gasteiger partial charge is 0.228 e. The lowest BCUT2D eigenvalue weighted by molar-refractivity contribution is -0.133. The highest BCUT2D eigenvalue weighted by Crippen LogP contribution is 2.37. The molecule has 2 aliphatic carbocycles. The molecule has 0 spiro atoms. The predicted octanol–water partition coefficient (Wildman–Crippen LogP) is 3.72. The van der Waals surface area contributed by atoms with Gasteiger partial charge in [0.25, 0.3) is 0 Å². The summed E-state index contributed by atoms with van der Waals surface area (Å²) in [5, 5.41) is 0.115. The lowest BCUT2D eigenvalue weighted by atomic mass is 10.1. The molecule has 4 rings (SSSR count). The van der Waals surface area contributed by atoms with Crippen LogP contribution >= 0.6 is 0 Å². The van der Waals surface area contributed by atoms with Gasteiger partial charge < -0.3 is 9.47 Å². The zero-order chi connectivity index (χ0) is 21.5. The summed E-state index contributed by atoms with van der Waals surface area (Å²) in [6, 6.07) is 7.85. The van der Waals surface area contributed by atoms with Gasteiger partial charge in [-0.05, 0) is 49.7 Å². The minimum Gasteiger partial charge on any atom is -0.334 e. The summed E-state index contributed by atoms with van der Waals surface area (Å²) in [6.07, 6.45) is 5.68. The lowest BCUT2D eigenvalue weighted by Crippen LogP contribution is -2.34. The number of hydrogen-bond acceptors (Lipinski definition) is 4. The summed E-state index contributed by atoms with van der Waals surface area (Å²) >= 11 is 0. The Bertz CT molecular complexity index is 1030. The first-order valence-corrected chi connectivity index (χ1v) is 12.5. The molecule has 0 aliphatic heterocycles. The molecule has 0 saturated heterocycles. The van der Waals surface area contributed by atoms with Crippen molar-refractivity contribution in [3.63, 3.8) is 0 Å². The number of carbonyl (C=O) groups excluding carboxylic acids is 1. The molecule has 0 N–H and O–H groups in total. The average Bonchev–Trinajstić information content (AvgIpc) is 3.59. The molecule has 0 radical (unpaired) electrons. The topological polar surface area (TPSA) is 72.3 Å². The second-order valence-corrected chi connectivity index (χ2v) is 11.1. The second kappa shape index (κ2) is 8.17. The summed E-state index contributed by atoms with van der Waals surface area (Å²) in [5.74, 6) is 0.580. The fourth-order valence-electron chi connectivity index (χ4n) is 3.88. The molecule has 7 heteroatoms. The van der Waals surface area contributed by atoms with Crippen molar-refractivity contribution in [3.8, 4) is 0 Å². The number of aromatic nitrogens is 2. The molecule has 1 aromatic carbocycles. The number of sulfone groups is 1. The summed E-state index contributed by atoms with van der Waals surface area (Å²) in [7, 11) is -3.61. The number of nitrogens with zero attached hydrogens (tertiary/aromatic N) is 3. The van der Waals surface area contributed by atoms with Crippen LogP contribution in [0.2, 0.25) is 0 Å². The normalized spacial score (nSPS) is 16.8. The van der Waals surface area contributed by atoms with E-state index >= 15 is 0 Å². The van der Waals surface area contributed by atoms with Crippen molar-refractivity contribution in [2.24, 2.45) is 11.8 Å². The van der Waals surface area contributed by atoms with Crippen molar-refractivity contribution in [2.75, 3.05) is 0 Å². The molecule has 0 unspecified atom stereocenters. The van der Waals surface area contributed by atoms with Gasteiger partial charge in [-0.2, -0.15) is 0 Å². The van der Waals surface area contributed by atoms with Crippen molar-refractivity contribution in [1.29, 1.82) is 0 Å². The Hall–Kier alpha value is -2.15. The molecule has 1 aromatic heterocycles. The Morgan fingerprint density at radius 2 is 1.90 bits per heavy atom. The first-order valence-electron chi connectivity index (χ1n) is 10.9. The molecule has 2 aromatic rings. The number of amides is 1. The number of benzene rings is 1. The third kappa shape index (κ3) is 4.61. The van der Waals surface area contributed by atoms with Crippen LogP contribution in [0.15, 0.2) is 35.6 Å². The van der Waals surface area contributed by atoms with Crippen molar-refractivity contribution in [1.82, 2.24) is 14.5 Å². The molecule has 2 saturated carbocycles. The lowest BCUT2D eigenvalue weighted by Gasteiger charge is -2.24. The van der Waals surface area contributed by atoms with Gasteiger partial charge in [-0.3, -0.25) is 4.79 Å². The maximum atomic E-state index is 13.3. The van der Waals surface area contributed by atoms with E-state index in [1.54, 1.807) is 6.20 Å². The molecule has 0 bridgehead atoms. The zero-order valence-electron chi connectivity index (χ0n) is 18.0. The summed E-state index contributed by atoms with van der Waals surface area (Å²) in [4.78, 5) is 19.1. The van der Waals surface area contributed by atoms with Gasteiger partial charge in [0.1, 0.15) is 0 Å². The van der Waals surface area contributed by atoms with Crippen LogP contribution in [0.5, 0.6) is 0 Å². The first kappa shape index (κ1) is 21.1. The van der Waals surface area contributed by atoms with Crippen LogP contribution < -0.4 is 0 Å². The number of imidazole rings is 1. The molecular formula is C23H31N3O3S. The molecular weight excluding hydrogens is 398 g/mol. The largest absolute Gasteiger partial charge is 0.334 e. The van der Waals surface area contributed by atoms with Gasteiger partial charge in [0.2, 0.25) is 20.9 Å². The van der Waals surface area contributed by atoms with Crippen molar-refractivity contribution >= 4 is 15.7 Å². The highest BCUT2D eigenvalue weighted by atomic mass is 32.2. The number of rotatable bonds is 9. The van der Waals surface area contributed by atoms with Gasteiger partial charge in [0, 0.05) is 18.5 Å². The monoisotopic (exact) mass is 429 g/mol. The van der Waals surface area contributed by atoms with Crippen LogP contribution in [-0.4, -0.2) is 34.8 Å². The third-order valence-electron chi connectivity index (χ3n) is 5.86. The van der Waals surface area contributed by atoms with E-state index in [-0.39, 0.29) is 28.7 Å². The van der Waals surface area contributed by atoms with E-state index < -0.39 is 9.84 Å². The van der Waals surface area contributed by atoms with E-state index in [2.05, 4.69) is 18.8 Å². The van der Waals surface area contributed by atoms with Gasteiger partial charge >= 0.3 is 0 Å². The van der Waals surface area contributed by atoms with Crippen LogP contribution in [0, 0.1) is 18.8 Å². The molecule has 2 fully saturated rings. The van der Waals surface area contributed by atoms with E-state index in [0.717, 1.165) is 42.5 Å². The van der Waals surface area contributed by atoms with Crippen molar-refractivity contribution in [2.45, 2.75) is 76.5 Å². The average molecular weight is 430 g/mol. The van der Waals surface area contributed by atoms with Gasteiger partial charge in [-0.1, -0.05) is 38.1 Å². The Kier molecular flexibility index (Phi) is 5.75. The maximum absolute atomic E-state index is 13.3. The number of aryl methyl sites for hydroxylation is 1. The van der Waals surface area contributed by atoms with Crippen LogP contribution in [0.4, 0.5) is 0 Å². The van der Waals surface area contributed by atoms with Crippen molar-refractivity contribution in [3.05, 3.63) is 47.3 Å². The quantitative estimate of drug-likeness (QED) is 0.609. The number of carbonyl (C=O) groups is 1. The Balaban J connectivity index is 1.64. The molecule has 1 heterocycles. The molecule has 1 amide bonds. The van der Waals surface area contributed by atoms with Crippen LogP contribution in [0.25, 0.3) is 0 Å². The third-order valence-corrected chi connectivity index (χ3v) is 7.44. The Morgan fingerprint density at radius 3 is 2.50 bits per heavy atom. The fraction of sp³-hybridized carbons (Fsp3) is 0.565. The van der Waals surface area contributed by atoms with Gasteiger partial charge in [-0.15, -0.1) is 0 Å². The second-order valence-electron chi connectivity index (χ2n) is 9.19. The van der Waals surface area contributed by atoms with E-state index in [1.807, 2.05) is 40.7 Å². The SMILES string of the molecule is Cc1ccccc1CS(=O)(=O)c1ncc(CN(C(=O)C2CC2)C2CC2)n1CC(C)C. The highest BCUT2D eigenvalue weighted by Gasteiger charge is 2.40. The van der Waals surface area contributed by atoms with Gasteiger partial charge in [0.05, 0.1) is 24.2 Å². The summed E-state index contributed by atoms with van der Waals surface area (Å²) < 4.78 is 28.4. The number of hydrogen-bond donors (Lipinski definition) is 0. The Morgan fingerprint density at radius 1 is 1.20 bits per heavy atom. The Labute approximate surface area is 179 Å². The minimum absolute atomic E-state index is 0.0679. The fourth-order valence-corrected chi connectivity index (χ4v) is 5.48. The van der Waals surface area contributed by atoms with Crippen LogP contribution in [0.3, 0.4) is 0 Å². The summed E-state index contributed by atoms with van der Waals surface area (Å²) in [6.45, 7) is 7.06. The first-order chi connectivity index (χ1) is 14.3. The standard InChI is InChI=1S/C23H31N3O3S/c1-16(2)13-26-21(14-25(20-10-11-20)22(27)18-8-9-18)12-24-23(26)30(28,29)15-19-7-5-4-6-17(19)3/h4-7,12,16,18,20H,8-11,13-15H2,1-3H3. The molecule has 30 heavy (non-hydrogen) atoms. The van der Waals surface area contributed by atoms with Gasteiger partial charge in [-0.25, -0.2) is 13.4 Å². The van der Waals surface area contributed by atoms with Crippen molar-refractivity contribution < 1.29 is 13.2 Å². The molecule has 0 atom stereocenters. The summed E-state index contributed by atoms with van der Waals surface area (Å²) in [5.41, 5.74) is 2.56. The van der Waals surface area contributed by atoms with E-state index in [0.29, 0.717) is 19.1 Å². The van der Waals surface area contributed by atoms with Crippen LogP contribution in [0.1, 0.15) is 56.4 Å². The molecule has 162 valence electrons. The molecule has 6 nitrogen and oxygen atoms in total.